The molecule has 0 N–H and O–H groups in total. The lowest BCUT2D eigenvalue weighted by molar-refractivity contribution is -0.889. The van der Waals surface area contributed by atoms with Crippen LogP contribution in [0.4, 0.5) is 0 Å². The van der Waals surface area contributed by atoms with Gasteiger partial charge in [-0.15, -0.1) is 0 Å². The fraction of sp³-hybridized carbons (Fsp3) is 0.702. The van der Waals surface area contributed by atoms with E-state index in [1.54, 1.807) is 21.1 Å². The van der Waals surface area contributed by atoms with Crippen LogP contribution in [0.1, 0.15) is 206 Å². The Hall–Kier alpha value is -3.49. The first kappa shape index (κ1) is 61.5. The van der Waals surface area contributed by atoms with E-state index in [1.807, 2.05) is 0 Å². The second kappa shape index (κ2) is 47.0. The Bertz CT molecular complexity index is 1330. The lowest BCUT2D eigenvalue weighted by atomic mass is 10.1. The van der Waals surface area contributed by atoms with Crippen molar-refractivity contribution in [1.82, 2.24) is 0 Å². The van der Waals surface area contributed by atoms with Gasteiger partial charge in [0.2, 0.25) is 0 Å². The number of carboxylic acid groups (broad SMARTS) is 1. The third-order valence-corrected chi connectivity index (χ3v) is 11.3. The van der Waals surface area contributed by atoms with E-state index in [0.29, 0.717) is 12.8 Å². The smallest absolute Gasteiger partial charge is 0.306 e. The molecule has 0 aromatic carbocycles. The van der Waals surface area contributed by atoms with Gasteiger partial charge in [-0.25, -0.2) is 0 Å². The molecule has 2 atom stereocenters. The summed E-state index contributed by atoms with van der Waals surface area (Å²) < 4.78 is 17.3. The highest BCUT2D eigenvalue weighted by Crippen LogP contribution is 2.15. The van der Waals surface area contributed by atoms with E-state index in [1.165, 1.54) is 77.0 Å². The predicted octanol–water partition coefficient (Wildman–Crippen LogP) is 13.9. The van der Waals surface area contributed by atoms with Crippen LogP contribution >= 0.6 is 0 Å². The maximum Gasteiger partial charge on any atom is 0.306 e. The molecule has 0 fully saturated rings. The molecule has 0 aliphatic rings. The fourth-order valence-corrected chi connectivity index (χ4v) is 7.31. The molecule has 0 saturated carbocycles. The Morgan fingerprint density at radius 2 is 0.815 bits per heavy atom. The van der Waals surface area contributed by atoms with Crippen molar-refractivity contribution < 1.29 is 38.2 Å². The van der Waals surface area contributed by atoms with E-state index in [0.717, 1.165) is 96.3 Å². The van der Waals surface area contributed by atoms with E-state index in [9.17, 15) is 19.5 Å². The van der Waals surface area contributed by atoms with Crippen LogP contribution in [-0.4, -0.2) is 75.5 Å². The van der Waals surface area contributed by atoms with Crippen LogP contribution in [0.2, 0.25) is 0 Å². The first-order chi connectivity index (χ1) is 31.6. The first-order valence-corrected chi connectivity index (χ1v) is 26.1. The van der Waals surface area contributed by atoms with Crippen molar-refractivity contribution in [3.63, 3.8) is 0 Å². The molecular weight excluding hydrogens is 811 g/mol. The quantitative estimate of drug-likeness (QED) is 0.0259. The first-order valence-electron chi connectivity index (χ1n) is 26.1. The van der Waals surface area contributed by atoms with E-state index in [2.05, 4.69) is 98.9 Å². The minimum Gasteiger partial charge on any atom is -0.544 e. The number of quaternary nitrogens is 1. The van der Waals surface area contributed by atoms with Gasteiger partial charge >= 0.3 is 11.9 Å². The van der Waals surface area contributed by atoms with Gasteiger partial charge in [0.25, 0.3) is 0 Å². The zero-order valence-electron chi connectivity index (χ0n) is 42.4. The highest BCUT2D eigenvalue weighted by atomic mass is 16.6. The van der Waals surface area contributed by atoms with Crippen molar-refractivity contribution >= 4 is 17.9 Å². The van der Waals surface area contributed by atoms with Crippen molar-refractivity contribution in [2.24, 2.45) is 0 Å². The molecule has 0 saturated heterocycles. The van der Waals surface area contributed by atoms with E-state index < -0.39 is 18.1 Å². The molecule has 0 aliphatic carbocycles. The Labute approximate surface area is 399 Å². The molecule has 2 unspecified atom stereocenters. The number of hydrogen-bond acceptors (Lipinski definition) is 7. The molecule has 0 bridgehead atoms. The molecule has 0 aromatic heterocycles. The topological polar surface area (TPSA) is 102 Å². The maximum atomic E-state index is 12.8. The molecule has 0 rings (SSSR count). The summed E-state index contributed by atoms with van der Waals surface area (Å²) in [7, 11) is 5.41. The average molecular weight is 908 g/mol. The van der Waals surface area contributed by atoms with Crippen molar-refractivity contribution in [2.75, 3.05) is 41.0 Å². The number of esters is 2. The van der Waals surface area contributed by atoms with Crippen molar-refractivity contribution in [3.05, 3.63) is 85.1 Å². The molecule has 0 amide bonds. The summed E-state index contributed by atoms with van der Waals surface area (Å²) in [6, 6.07) is -0.732. The zero-order chi connectivity index (χ0) is 47.7. The van der Waals surface area contributed by atoms with Gasteiger partial charge in [0.05, 0.1) is 40.3 Å². The number of rotatable bonds is 46. The summed E-state index contributed by atoms with van der Waals surface area (Å²) in [6.45, 7) is 4.44. The van der Waals surface area contributed by atoms with Crippen molar-refractivity contribution in [1.29, 1.82) is 0 Å². The number of carbonyl (C=O) groups excluding carboxylic acids is 3. The standard InChI is InChI=1S/C57H97NO7/c1-6-8-10-12-14-16-18-20-22-24-26-27-28-30-31-33-35-37-39-41-43-45-47-55(59)64-52-53(51-63-50-49-54(57(61)62)58(3,4)5)65-56(60)48-46-44-42-40-38-36-34-32-29-25-23-21-19-17-15-13-11-9-7-2/h8-11,14-17,20-23,26-27,53-54H,6-7,12-13,18-19,24-25,28-52H2,1-5H3/b10-8+,11-9+,16-14+,17-15+,22-20+,23-21+,27-26+. The summed E-state index contributed by atoms with van der Waals surface area (Å²) in [5.41, 5.74) is 0. The second-order valence-corrected chi connectivity index (χ2v) is 18.3. The van der Waals surface area contributed by atoms with Gasteiger partial charge in [-0.3, -0.25) is 9.59 Å². The van der Waals surface area contributed by atoms with E-state index >= 15 is 0 Å². The Balaban J connectivity index is 4.25. The average Bonchev–Trinajstić information content (AvgIpc) is 3.27. The number of allylic oxidation sites excluding steroid dienone is 14. The minimum absolute atomic E-state index is 0.0329. The normalized spacial score (nSPS) is 13.6. The Kier molecular flexibility index (Phi) is 44.5. The molecule has 372 valence electrons. The molecule has 0 spiro atoms. The van der Waals surface area contributed by atoms with Crippen molar-refractivity contribution in [3.8, 4) is 0 Å². The summed E-state index contributed by atoms with van der Waals surface area (Å²) in [6.07, 6.45) is 61.8. The molecule has 0 radical (unpaired) electrons. The maximum absolute atomic E-state index is 12.8. The lowest BCUT2D eigenvalue weighted by Crippen LogP contribution is -2.55. The zero-order valence-corrected chi connectivity index (χ0v) is 42.4. The van der Waals surface area contributed by atoms with Crippen LogP contribution in [-0.2, 0) is 28.6 Å². The molecule has 8 nitrogen and oxygen atoms in total. The summed E-state index contributed by atoms with van der Waals surface area (Å²) in [5, 5.41) is 11.7. The highest BCUT2D eigenvalue weighted by molar-refractivity contribution is 5.70. The number of carboxylic acids is 1. The summed E-state index contributed by atoms with van der Waals surface area (Å²) in [4.78, 5) is 37.1. The largest absolute Gasteiger partial charge is 0.544 e. The van der Waals surface area contributed by atoms with Crippen LogP contribution < -0.4 is 5.11 Å². The van der Waals surface area contributed by atoms with Crippen LogP contribution in [0.15, 0.2) is 85.1 Å². The molecular formula is C57H97NO7. The SMILES string of the molecule is CC/C=C/C/C=C/C/C=C/C/C=C/CCCCCCCCCCCC(=O)OCC(COCCC(C(=O)[O-])[N+](C)(C)C)OC(=O)CCCCCCCCCCC/C=C/C/C=C/C/C=C/CC. The monoisotopic (exact) mass is 908 g/mol. The number of carbonyl (C=O) groups is 3. The Morgan fingerprint density at radius 1 is 0.462 bits per heavy atom. The predicted molar refractivity (Wildman–Crippen MR) is 272 cm³/mol. The molecule has 8 heteroatoms. The summed E-state index contributed by atoms with van der Waals surface area (Å²) >= 11 is 0. The van der Waals surface area contributed by atoms with Crippen LogP contribution in [0, 0.1) is 0 Å². The number of likely N-dealkylation sites (N-methyl/N-ethyl adjacent to an activating group) is 1. The van der Waals surface area contributed by atoms with Gasteiger partial charge in [-0.1, -0.05) is 189 Å². The van der Waals surface area contributed by atoms with Gasteiger partial charge in [-0.2, -0.15) is 0 Å². The van der Waals surface area contributed by atoms with Crippen LogP contribution in [0.3, 0.4) is 0 Å². The third-order valence-electron chi connectivity index (χ3n) is 11.3. The van der Waals surface area contributed by atoms with Gasteiger partial charge in [0.1, 0.15) is 12.6 Å². The Morgan fingerprint density at radius 3 is 1.20 bits per heavy atom. The van der Waals surface area contributed by atoms with Crippen molar-refractivity contribution in [2.45, 2.75) is 219 Å². The highest BCUT2D eigenvalue weighted by Gasteiger charge is 2.25. The minimum atomic E-state index is -1.13. The molecule has 65 heavy (non-hydrogen) atoms. The number of aliphatic carboxylic acids is 1. The van der Waals surface area contributed by atoms with Gasteiger partial charge in [0, 0.05) is 19.3 Å². The third kappa shape index (κ3) is 45.5. The number of nitrogens with zero attached hydrogens (tertiary/aromatic N) is 1. The van der Waals surface area contributed by atoms with Crippen LogP contribution in [0.25, 0.3) is 0 Å². The van der Waals surface area contributed by atoms with E-state index in [4.69, 9.17) is 14.2 Å². The second-order valence-electron chi connectivity index (χ2n) is 18.3. The van der Waals surface area contributed by atoms with Gasteiger partial charge in [0.15, 0.2) is 6.10 Å². The lowest BCUT2D eigenvalue weighted by Gasteiger charge is -2.34. The molecule has 0 heterocycles. The number of unbranched alkanes of at least 4 members (excludes halogenated alkanes) is 18. The molecule has 0 aromatic rings. The summed E-state index contributed by atoms with van der Waals surface area (Å²) in [5.74, 6) is -1.75. The number of hydrogen-bond donors (Lipinski definition) is 0. The fourth-order valence-electron chi connectivity index (χ4n) is 7.31. The number of ether oxygens (including phenoxy) is 3. The van der Waals surface area contributed by atoms with Crippen LogP contribution in [0.5, 0.6) is 0 Å². The van der Waals surface area contributed by atoms with E-state index in [-0.39, 0.29) is 42.7 Å². The van der Waals surface area contributed by atoms with Gasteiger partial charge in [-0.05, 0) is 83.5 Å². The molecule has 0 aliphatic heterocycles. The van der Waals surface area contributed by atoms with Gasteiger partial charge < -0.3 is 28.6 Å².